The minimum atomic E-state index is -0.111. The number of benzene rings is 2. The number of pyridine rings is 1. The van der Waals surface area contributed by atoms with Crippen LogP contribution < -0.4 is 10.6 Å². The van der Waals surface area contributed by atoms with Crippen LogP contribution in [0.15, 0.2) is 67.0 Å². The van der Waals surface area contributed by atoms with Crippen LogP contribution in [0.5, 0.6) is 0 Å². The Bertz CT molecular complexity index is 1160. The molecule has 1 unspecified atom stereocenters. The van der Waals surface area contributed by atoms with E-state index in [0.717, 1.165) is 28.9 Å². The van der Waals surface area contributed by atoms with Crippen LogP contribution in [0, 0.1) is 6.92 Å². The smallest absolute Gasteiger partial charge is 0.254 e. The maximum absolute atomic E-state index is 13.4. The predicted octanol–water partition coefficient (Wildman–Crippen LogP) is 3.49. The van der Waals surface area contributed by atoms with Gasteiger partial charge in [-0.15, -0.1) is 0 Å². The van der Waals surface area contributed by atoms with Crippen molar-refractivity contribution in [1.82, 2.24) is 20.1 Å². The molecule has 1 aromatic heterocycles. The Morgan fingerprint density at radius 3 is 2.59 bits per heavy atom. The lowest BCUT2D eigenvalue weighted by Gasteiger charge is -2.40. The molecule has 3 aromatic rings. The topological polar surface area (TPSA) is 77.6 Å². The highest BCUT2D eigenvalue weighted by molar-refractivity contribution is 5.96. The fraction of sp³-hybridized carbons (Fsp3) is 0.296. The number of aryl methyl sites for hydroxylation is 1. The zero-order valence-electron chi connectivity index (χ0n) is 19.9. The van der Waals surface area contributed by atoms with Gasteiger partial charge in [-0.25, -0.2) is 0 Å². The van der Waals surface area contributed by atoms with Crippen LogP contribution in [0.25, 0.3) is 0 Å². The van der Waals surface area contributed by atoms with Crippen LogP contribution in [0.1, 0.15) is 43.4 Å². The van der Waals surface area contributed by atoms with Crippen molar-refractivity contribution in [3.8, 4) is 0 Å². The summed E-state index contributed by atoms with van der Waals surface area (Å²) in [6.45, 7) is 4.70. The fourth-order valence-corrected chi connectivity index (χ4v) is 4.28. The van der Waals surface area contributed by atoms with Crippen LogP contribution in [-0.2, 0) is 6.54 Å². The first-order valence-corrected chi connectivity index (χ1v) is 11.5. The Morgan fingerprint density at radius 1 is 1.03 bits per heavy atom. The first-order valence-electron chi connectivity index (χ1n) is 11.5. The Hall–Kier alpha value is -3.71. The van der Waals surface area contributed by atoms with Crippen molar-refractivity contribution in [1.29, 1.82) is 0 Å². The lowest BCUT2D eigenvalue weighted by atomic mass is 9.99. The molecule has 1 aliphatic rings. The molecule has 2 aromatic carbocycles. The third-order valence-electron chi connectivity index (χ3n) is 6.41. The summed E-state index contributed by atoms with van der Waals surface area (Å²) >= 11 is 0. The average molecular weight is 458 g/mol. The first kappa shape index (κ1) is 23.4. The second-order valence-corrected chi connectivity index (χ2v) is 8.69. The lowest BCUT2D eigenvalue weighted by Crippen LogP contribution is -2.49. The molecule has 1 saturated heterocycles. The number of hydrogen-bond donors (Lipinski definition) is 2. The number of aromatic nitrogens is 1. The van der Waals surface area contributed by atoms with E-state index in [1.54, 1.807) is 25.5 Å². The summed E-state index contributed by atoms with van der Waals surface area (Å²) < 4.78 is 0. The van der Waals surface area contributed by atoms with Crippen molar-refractivity contribution >= 4 is 17.5 Å². The maximum Gasteiger partial charge on any atom is 0.254 e. The zero-order valence-corrected chi connectivity index (χ0v) is 19.9. The van der Waals surface area contributed by atoms with E-state index in [4.69, 9.17) is 0 Å². The standard InChI is InChI=1S/C27H31N5O2/c1-19-7-8-23(16-24(19)30-17-20-9-11-29-12-10-20)27(34)32-14-13-31(3)25(18-32)21-5-4-6-22(15-21)26(33)28-2/h4-12,15-16,25,30H,13-14,17-18H2,1-3H3,(H,28,33). The van der Waals surface area contributed by atoms with Gasteiger partial charge >= 0.3 is 0 Å². The summed E-state index contributed by atoms with van der Waals surface area (Å²) in [4.78, 5) is 33.7. The third kappa shape index (κ3) is 5.26. The highest BCUT2D eigenvalue weighted by Crippen LogP contribution is 2.27. The molecular formula is C27H31N5O2. The van der Waals surface area contributed by atoms with Gasteiger partial charge in [0.05, 0.1) is 6.04 Å². The van der Waals surface area contributed by atoms with Crippen LogP contribution in [-0.4, -0.2) is 60.3 Å². The lowest BCUT2D eigenvalue weighted by molar-refractivity contribution is 0.0545. The van der Waals surface area contributed by atoms with Gasteiger partial charge in [0.15, 0.2) is 0 Å². The van der Waals surface area contributed by atoms with E-state index in [1.807, 2.05) is 60.4 Å². The number of carbonyl (C=O) groups excluding carboxylic acids is 2. The highest BCUT2D eigenvalue weighted by Gasteiger charge is 2.29. The van der Waals surface area contributed by atoms with Gasteiger partial charge in [-0.05, 0) is 67.1 Å². The first-order chi connectivity index (χ1) is 16.5. The molecule has 0 saturated carbocycles. The summed E-state index contributed by atoms with van der Waals surface area (Å²) in [6.07, 6.45) is 3.55. The van der Waals surface area contributed by atoms with Crippen molar-refractivity contribution in [2.75, 3.05) is 39.0 Å². The van der Waals surface area contributed by atoms with E-state index in [-0.39, 0.29) is 17.9 Å². The number of rotatable bonds is 6. The van der Waals surface area contributed by atoms with Crippen molar-refractivity contribution in [3.63, 3.8) is 0 Å². The Labute approximate surface area is 200 Å². The quantitative estimate of drug-likeness (QED) is 0.593. The molecule has 1 fully saturated rings. The van der Waals surface area contributed by atoms with Crippen molar-refractivity contribution in [2.24, 2.45) is 0 Å². The summed E-state index contributed by atoms with van der Waals surface area (Å²) in [7, 11) is 3.69. The number of piperazine rings is 1. The number of hydrogen-bond acceptors (Lipinski definition) is 5. The molecule has 7 heteroatoms. The molecule has 1 aliphatic heterocycles. The van der Waals surface area contributed by atoms with Crippen LogP contribution in [0.3, 0.4) is 0 Å². The molecule has 0 radical (unpaired) electrons. The molecule has 1 atom stereocenters. The molecule has 7 nitrogen and oxygen atoms in total. The second kappa shape index (κ2) is 10.5. The average Bonchev–Trinajstić information content (AvgIpc) is 2.88. The van der Waals surface area contributed by atoms with Crippen LogP contribution in [0.2, 0.25) is 0 Å². The number of nitrogens with zero attached hydrogens (tertiary/aromatic N) is 3. The molecule has 176 valence electrons. The van der Waals surface area contributed by atoms with Crippen LogP contribution in [0.4, 0.5) is 5.69 Å². The molecule has 2 amide bonds. The zero-order chi connectivity index (χ0) is 24.1. The fourth-order valence-electron chi connectivity index (χ4n) is 4.28. The van der Waals surface area contributed by atoms with Crippen LogP contribution >= 0.6 is 0 Å². The maximum atomic E-state index is 13.4. The van der Waals surface area contributed by atoms with E-state index in [2.05, 4.69) is 27.6 Å². The Kier molecular flexibility index (Phi) is 7.23. The van der Waals surface area contributed by atoms with E-state index in [0.29, 0.717) is 30.8 Å². The van der Waals surface area contributed by atoms with Gasteiger partial charge < -0.3 is 15.5 Å². The minimum absolute atomic E-state index is 0.0208. The van der Waals surface area contributed by atoms with Gasteiger partial charge in [0, 0.05) is 62.4 Å². The molecule has 0 spiro atoms. The van der Waals surface area contributed by atoms with E-state index in [1.165, 1.54) is 0 Å². The second-order valence-electron chi connectivity index (χ2n) is 8.69. The molecule has 4 rings (SSSR count). The summed E-state index contributed by atoms with van der Waals surface area (Å²) in [6, 6.07) is 17.4. The predicted molar refractivity (Wildman–Crippen MR) is 134 cm³/mol. The highest BCUT2D eigenvalue weighted by atomic mass is 16.2. The van der Waals surface area contributed by atoms with Gasteiger partial charge in [-0.2, -0.15) is 0 Å². The molecule has 34 heavy (non-hydrogen) atoms. The molecular weight excluding hydrogens is 426 g/mol. The van der Waals surface area contributed by atoms with Gasteiger partial charge in [0.25, 0.3) is 11.8 Å². The number of likely N-dealkylation sites (N-methyl/N-ethyl adjacent to an activating group) is 1. The number of amides is 2. The summed E-state index contributed by atoms with van der Waals surface area (Å²) in [5.41, 5.74) is 5.50. The van der Waals surface area contributed by atoms with Gasteiger partial charge in [0.1, 0.15) is 0 Å². The monoisotopic (exact) mass is 457 g/mol. The van der Waals surface area contributed by atoms with Crippen molar-refractivity contribution in [3.05, 3.63) is 94.8 Å². The van der Waals surface area contributed by atoms with E-state index < -0.39 is 0 Å². The van der Waals surface area contributed by atoms with Crippen molar-refractivity contribution < 1.29 is 9.59 Å². The van der Waals surface area contributed by atoms with E-state index in [9.17, 15) is 9.59 Å². The largest absolute Gasteiger partial charge is 0.381 e. The number of anilines is 1. The molecule has 0 aliphatic carbocycles. The normalized spacial score (nSPS) is 16.2. The van der Waals surface area contributed by atoms with Gasteiger partial charge in [-0.3, -0.25) is 19.5 Å². The number of nitrogens with one attached hydrogen (secondary N) is 2. The molecule has 0 bridgehead atoms. The Morgan fingerprint density at radius 2 is 1.82 bits per heavy atom. The van der Waals surface area contributed by atoms with Gasteiger partial charge in [-0.1, -0.05) is 18.2 Å². The number of carbonyl (C=O) groups is 2. The third-order valence-corrected chi connectivity index (χ3v) is 6.41. The molecule has 2 heterocycles. The van der Waals surface area contributed by atoms with Gasteiger partial charge in [0.2, 0.25) is 0 Å². The van der Waals surface area contributed by atoms with Crippen molar-refractivity contribution in [2.45, 2.75) is 19.5 Å². The molecule has 2 N–H and O–H groups in total. The summed E-state index contributed by atoms with van der Waals surface area (Å²) in [5, 5.41) is 6.12. The summed E-state index contributed by atoms with van der Waals surface area (Å²) in [5.74, 6) is -0.0905. The van der Waals surface area contributed by atoms with E-state index >= 15 is 0 Å². The SMILES string of the molecule is CNC(=O)c1cccc(C2CN(C(=O)c3ccc(C)c(NCc4ccncc4)c3)CCN2C)c1. The minimum Gasteiger partial charge on any atom is -0.381 e. The Balaban J connectivity index is 1.50.